The van der Waals surface area contributed by atoms with E-state index in [0.717, 1.165) is 33.9 Å². The molecule has 3 atom stereocenters. The molecule has 2 aromatic rings. The molecule has 158 valence electrons. The summed E-state index contributed by atoms with van der Waals surface area (Å²) in [4.78, 5) is 16.4. The number of nitrogens with zero attached hydrogens (tertiary/aromatic N) is 1. The van der Waals surface area contributed by atoms with E-state index in [9.17, 15) is 4.79 Å². The molecule has 1 aliphatic carbocycles. The Labute approximate surface area is 183 Å². The van der Waals surface area contributed by atoms with Crippen molar-refractivity contribution in [2.45, 2.75) is 51.1 Å². The fraction of sp³-hybridized carbons (Fsp3) is 0.400. The van der Waals surface area contributed by atoms with Gasteiger partial charge in [-0.25, -0.2) is 0 Å². The molecule has 4 nitrogen and oxygen atoms in total. The highest BCUT2D eigenvalue weighted by Gasteiger charge is 2.42. The number of hydrogen-bond acceptors (Lipinski definition) is 4. The van der Waals surface area contributed by atoms with Crippen molar-refractivity contribution in [2.75, 3.05) is 12.4 Å². The van der Waals surface area contributed by atoms with Crippen LogP contribution in [0.4, 0.5) is 5.69 Å². The van der Waals surface area contributed by atoms with E-state index in [4.69, 9.17) is 4.74 Å². The Morgan fingerprint density at radius 3 is 2.60 bits per heavy atom. The molecule has 0 aromatic heterocycles. The van der Waals surface area contributed by atoms with Crippen LogP contribution in [0.1, 0.15) is 43.7 Å². The molecule has 1 unspecified atom stereocenters. The van der Waals surface area contributed by atoms with Gasteiger partial charge in [0.05, 0.1) is 12.0 Å². The second-order valence-electron chi connectivity index (χ2n) is 8.26. The van der Waals surface area contributed by atoms with Crippen LogP contribution in [0.2, 0.25) is 0 Å². The first-order valence-electron chi connectivity index (χ1n) is 10.7. The summed E-state index contributed by atoms with van der Waals surface area (Å²) in [5, 5.41) is 3.59. The maximum atomic E-state index is 13.5. The first-order valence-corrected chi connectivity index (χ1v) is 11.6. The van der Waals surface area contributed by atoms with E-state index in [1.165, 1.54) is 19.3 Å². The van der Waals surface area contributed by atoms with Gasteiger partial charge in [0, 0.05) is 11.7 Å². The van der Waals surface area contributed by atoms with Crippen LogP contribution in [0.3, 0.4) is 0 Å². The van der Waals surface area contributed by atoms with Gasteiger partial charge in [-0.3, -0.25) is 4.79 Å². The molecule has 1 heterocycles. The number of thioether (sulfide) groups is 1. The number of hydrogen-bond donors (Lipinski definition) is 1. The Morgan fingerprint density at radius 1 is 1.13 bits per heavy atom. The van der Waals surface area contributed by atoms with Gasteiger partial charge in [-0.15, -0.1) is 0 Å². The minimum Gasteiger partial charge on any atom is -0.496 e. The SMILES string of the molecule is COc1ccc(/C=C2\SC(Nc3ccccc3)N([C@@H]3CCCC[C@@H]3C)C2=O)cc1C. The summed E-state index contributed by atoms with van der Waals surface area (Å²) < 4.78 is 5.37. The molecule has 1 saturated heterocycles. The van der Waals surface area contributed by atoms with Gasteiger partial charge in [0.1, 0.15) is 5.75 Å². The number of ether oxygens (including phenoxy) is 1. The number of rotatable bonds is 5. The summed E-state index contributed by atoms with van der Waals surface area (Å²) in [6, 6.07) is 16.5. The molecule has 1 aliphatic heterocycles. The molecule has 1 N–H and O–H groups in total. The van der Waals surface area contributed by atoms with Gasteiger partial charge in [-0.2, -0.15) is 0 Å². The number of benzene rings is 2. The average molecular weight is 423 g/mol. The quantitative estimate of drug-likeness (QED) is 0.610. The number of aryl methyl sites for hydroxylation is 1. The second kappa shape index (κ2) is 9.17. The predicted molar refractivity (Wildman–Crippen MR) is 125 cm³/mol. The summed E-state index contributed by atoms with van der Waals surface area (Å²) in [5.74, 6) is 1.52. The molecular formula is C25H30N2O2S. The van der Waals surface area contributed by atoms with Crippen LogP contribution in [-0.4, -0.2) is 29.5 Å². The van der Waals surface area contributed by atoms with Crippen molar-refractivity contribution in [3.63, 3.8) is 0 Å². The van der Waals surface area contributed by atoms with Crippen molar-refractivity contribution in [2.24, 2.45) is 5.92 Å². The molecule has 2 aromatic carbocycles. The molecule has 0 bridgehead atoms. The third-order valence-corrected chi connectivity index (χ3v) is 7.26. The standard InChI is InChI=1S/C25H30N2O2S/c1-17-9-7-8-12-21(17)27-24(28)23(16-19-13-14-22(29-3)18(2)15-19)30-25(27)26-20-10-5-4-6-11-20/h4-6,10-11,13-17,21,25-26H,7-9,12H2,1-3H3/b23-16-/t17-,21+,25?/m0/s1. The van der Waals surface area contributed by atoms with Crippen molar-refractivity contribution >= 4 is 29.4 Å². The zero-order chi connectivity index (χ0) is 21.1. The van der Waals surface area contributed by atoms with Gasteiger partial charge in [0.25, 0.3) is 5.91 Å². The van der Waals surface area contributed by atoms with Crippen LogP contribution >= 0.6 is 11.8 Å². The van der Waals surface area contributed by atoms with Crippen LogP contribution in [0.25, 0.3) is 6.08 Å². The molecule has 0 radical (unpaired) electrons. The van der Waals surface area contributed by atoms with E-state index in [1.54, 1.807) is 18.9 Å². The number of amides is 1. The third kappa shape index (κ3) is 4.36. The lowest BCUT2D eigenvalue weighted by Crippen LogP contribution is -2.48. The largest absolute Gasteiger partial charge is 0.496 e. The van der Waals surface area contributed by atoms with E-state index < -0.39 is 0 Å². The number of anilines is 1. The zero-order valence-corrected chi connectivity index (χ0v) is 18.7. The smallest absolute Gasteiger partial charge is 0.262 e. The Kier molecular flexibility index (Phi) is 6.38. The Hall–Kier alpha value is -2.40. The zero-order valence-electron chi connectivity index (χ0n) is 17.9. The van der Waals surface area contributed by atoms with E-state index in [0.29, 0.717) is 5.92 Å². The van der Waals surface area contributed by atoms with Crippen molar-refractivity contribution in [3.05, 3.63) is 64.6 Å². The highest BCUT2D eigenvalue weighted by atomic mass is 32.2. The number of nitrogens with one attached hydrogen (secondary N) is 1. The summed E-state index contributed by atoms with van der Waals surface area (Å²) in [5.41, 5.74) is 3.05. The third-order valence-electron chi connectivity index (χ3n) is 6.14. The van der Waals surface area contributed by atoms with Crippen molar-refractivity contribution in [3.8, 4) is 5.75 Å². The van der Waals surface area contributed by atoms with Crippen LogP contribution in [0, 0.1) is 12.8 Å². The lowest BCUT2D eigenvalue weighted by Gasteiger charge is -2.39. The summed E-state index contributed by atoms with van der Waals surface area (Å²) in [7, 11) is 1.68. The van der Waals surface area contributed by atoms with Gasteiger partial charge in [0.15, 0.2) is 5.50 Å². The molecule has 5 heteroatoms. The van der Waals surface area contributed by atoms with Gasteiger partial charge in [-0.05, 0) is 67.2 Å². The van der Waals surface area contributed by atoms with Crippen molar-refractivity contribution < 1.29 is 9.53 Å². The highest BCUT2D eigenvalue weighted by molar-refractivity contribution is 8.05. The first-order chi connectivity index (χ1) is 14.6. The first kappa shape index (κ1) is 20.9. The normalized spacial score (nSPS) is 25.6. The lowest BCUT2D eigenvalue weighted by molar-refractivity contribution is -0.129. The van der Waals surface area contributed by atoms with Crippen LogP contribution in [0.15, 0.2) is 53.4 Å². The number of carbonyl (C=O) groups is 1. The van der Waals surface area contributed by atoms with Gasteiger partial charge in [-0.1, -0.05) is 55.8 Å². The summed E-state index contributed by atoms with van der Waals surface area (Å²) in [6.07, 6.45) is 6.74. The molecule has 30 heavy (non-hydrogen) atoms. The average Bonchev–Trinajstić information content (AvgIpc) is 3.04. The number of carbonyl (C=O) groups excluding carboxylic acids is 1. The fourth-order valence-corrected chi connectivity index (χ4v) is 5.72. The van der Waals surface area contributed by atoms with Gasteiger partial charge < -0.3 is 15.0 Å². The van der Waals surface area contributed by atoms with E-state index in [-0.39, 0.29) is 17.4 Å². The number of para-hydroxylation sites is 1. The molecule has 2 fully saturated rings. The molecule has 0 spiro atoms. The Balaban J connectivity index is 1.64. The van der Waals surface area contributed by atoms with Gasteiger partial charge in [0.2, 0.25) is 0 Å². The maximum absolute atomic E-state index is 13.5. The van der Waals surface area contributed by atoms with E-state index >= 15 is 0 Å². The van der Waals surface area contributed by atoms with Crippen LogP contribution in [0.5, 0.6) is 5.75 Å². The molecular weight excluding hydrogens is 392 g/mol. The maximum Gasteiger partial charge on any atom is 0.262 e. The molecule has 1 amide bonds. The monoisotopic (exact) mass is 422 g/mol. The van der Waals surface area contributed by atoms with Crippen LogP contribution in [-0.2, 0) is 4.79 Å². The summed E-state index contributed by atoms with van der Waals surface area (Å²) >= 11 is 1.62. The summed E-state index contributed by atoms with van der Waals surface area (Å²) in [6.45, 7) is 4.32. The lowest BCUT2D eigenvalue weighted by atomic mass is 9.85. The molecule has 4 rings (SSSR count). The van der Waals surface area contributed by atoms with E-state index in [2.05, 4.69) is 35.3 Å². The number of methoxy groups -OCH3 is 1. The Morgan fingerprint density at radius 2 is 1.90 bits per heavy atom. The van der Waals surface area contributed by atoms with Crippen molar-refractivity contribution in [1.29, 1.82) is 0 Å². The molecule has 1 saturated carbocycles. The van der Waals surface area contributed by atoms with E-state index in [1.807, 2.05) is 43.3 Å². The Bertz CT molecular complexity index is 928. The minimum atomic E-state index is -0.0870. The topological polar surface area (TPSA) is 41.6 Å². The van der Waals surface area contributed by atoms with Crippen molar-refractivity contribution in [1.82, 2.24) is 4.90 Å². The van der Waals surface area contributed by atoms with Crippen LogP contribution < -0.4 is 10.1 Å². The minimum absolute atomic E-state index is 0.0870. The highest BCUT2D eigenvalue weighted by Crippen LogP contribution is 2.42. The fourth-order valence-electron chi connectivity index (χ4n) is 4.51. The molecule has 2 aliphatic rings. The second-order valence-corrected chi connectivity index (χ2v) is 9.38. The predicted octanol–water partition coefficient (Wildman–Crippen LogP) is 5.89. The van der Waals surface area contributed by atoms with Gasteiger partial charge >= 0.3 is 0 Å².